The van der Waals surface area contributed by atoms with Crippen molar-refractivity contribution in [3.63, 3.8) is 0 Å². The van der Waals surface area contributed by atoms with Gasteiger partial charge < -0.3 is 0 Å². The molecule has 0 aromatic heterocycles. The van der Waals surface area contributed by atoms with E-state index in [4.69, 9.17) is 0 Å². The maximum Gasteiger partial charge on any atom is 0.185 e. The Kier molecular flexibility index (Phi) is 2.76. The molecule has 12 heavy (non-hydrogen) atoms. The van der Waals surface area contributed by atoms with Crippen LogP contribution in [0, 0.1) is 5.82 Å². The van der Waals surface area contributed by atoms with Gasteiger partial charge in [-0.2, -0.15) is 0 Å². The Bertz CT molecular complexity index is 333. The molecule has 0 saturated carbocycles. The minimum Gasteiger partial charge on any atom is -0.289 e. The lowest BCUT2D eigenvalue weighted by atomic mass is 10.1. The van der Waals surface area contributed by atoms with Gasteiger partial charge in [0.15, 0.2) is 5.78 Å². The molecule has 0 heterocycles. The van der Waals surface area contributed by atoms with E-state index in [-0.39, 0.29) is 5.78 Å². The van der Waals surface area contributed by atoms with Gasteiger partial charge in [-0.25, -0.2) is 4.39 Å². The van der Waals surface area contributed by atoms with Crippen molar-refractivity contribution in [1.29, 1.82) is 0 Å². The highest BCUT2D eigenvalue weighted by Crippen LogP contribution is 2.16. The zero-order valence-electron chi connectivity index (χ0n) is 6.18. The molecule has 0 aliphatic carbocycles. The topological polar surface area (TPSA) is 17.1 Å². The summed E-state index contributed by atoms with van der Waals surface area (Å²) in [5.74, 6) is -0.718. The smallest absolute Gasteiger partial charge is 0.185 e. The number of carbonyl (C=O) groups excluding carboxylic acids is 1. The summed E-state index contributed by atoms with van der Waals surface area (Å²) in [5.41, 5.74) is 0.311. The summed E-state index contributed by atoms with van der Waals surface area (Å²) in [6.45, 7) is 3.31. The zero-order valence-corrected chi connectivity index (χ0v) is 7.77. The molecular weight excluding hydrogens is 223 g/mol. The maximum atomic E-state index is 12.8. The van der Waals surface area contributed by atoms with Crippen LogP contribution in [-0.4, -0.2) is 5.78 Å². The van der Waals surface area contributed by atoms with Crippen LogP contribution in [0.4, 0.5) is 4.39 Å². The Morgan fingerprint density at radius 2 is 2.25 bits per heavy atom. The third-order valence-corrected chi connectivity index (χ3v) is 2.03. The summed E-state index contributed by atoms with van der Waals surface area (Å²) in [4.78, 5) is 11.0. The third kappa shape index (κ3) is 1.80. The van der Waals surface area contributed by atoms with Crippen molar-refractivity contribution in [2.45, 2.75) is 0 Å². The summed E-state index contributed by atoms with van der Waals surface area (Å²) in [5, 5.41) is 0. The summed E-state index contributed by atoms with van der Waals surface area (Å²) in [7, 11) is 0. The Morgan fingerprint density at radius 1 is 1.58 bits per heavy atom. The summed E-state index contributed by atoms with van der Waals surface area (Å²) in [6.07, 6.45) is 1.16. The molecular formula is C9H6BrFO. The van der Waals surface area contributed by atoms with E-state index in [1.807, 2.05) is 0 Å². The SMILES string of the molecule is C=CC(=O)c1ccc(Br)c(F)c1. The lowest BCUT2D eigenvalue weighted by Crippen LogP contribution is -1.94. The molecule has 0 bridgehead atoms. The van der Waals surface area contributed by atoms with Crippen LogP contribution in [0.1, 0.15) is 10.4 Å². The fraction of sp³-hybridized carbons (Fsp3) is 0. The average molecular weight is 229 g/mol. The van der Waals surface area contributed by atoms with E-state index >= 15 is 0 Å². The van der Waals surface area contributed by atoms with Crippen molar-refractivity contribution in [2.75, 3.05) is 0 Å². The zero-order chi connectivity index (χ0) is 9.14. The highest BCUT2D eigenvalue weighted by atomic mass is 79.9. The number of halogens is 2. The number of hydrogen-bond acceptors (Lipinski definition) is 1. The van der Waals surface area contributed by atoms with Crippen LogP contribution < -0.4 is 0 Å². The van der Waals surface area contributed by atoms with E-state index in [0.717, 1.165) is 6.08 Å². The molecule has 0 aliphatic rings. The first-order chi connectivity index (χ1) is 5.65. The predicted octanol–water partition coefficient (Wildman–Crippen LogP) is 2.96. The number of hydrogen-bond donors (Lipinski definition) is 0. The molecule has 0 atom stereocenters. The maximum absolute atomic E-state index is 12.8. The molecule has 1 rings (SSSR count). The Labute approximate surface area is 78.0 Å². The molecule has 3 heteroatoms. The third-order valence-electron chi connectivity index (χ3n) is 1.39. The normalized spacial score (nSPS) is 9.50. The van der Waals surface area contributed by atoms with Crippen LogP contribution in [0.3, 0.4) is 0 Å². The van der Waals surface area contributed by atoms with Crippen molar-refractivity contribution in [2.24, 2.45) is 0 Å². The Balaban J connectivity index is 3.13. The molecule has 0 saturated heterocycles. The number of carbonyl (C=O) groups is 1. The first kappa shape index (κ1) is 9.13. The van der Waals surface area contributed by atoms with Gasteiger partial charge in [-0.3, -0.25) is 4.79 Å². The van der Waals surface area contributed by atoms with Crippen LogP contribution in [-0.2, 0) is 0 Å². The van der Waals surface area contributed by atoms with Crippen LogP contribution in [0.15, 0.2) is 35.3 Å². The number of benzene rings is 1. The van der Waals surface area contributed by atoms with E-state index in [1.54, 1.807) is 0 Å². The van der Waals surface area contributed by atoms with Gasteiger partial charge in [0.05, 0.1) is 4.47 Å². The predicted molar refractivity (Wildman–Crippen MR) is 48.6 cm³/mol. The lowest BCUT2D eigenvalue weighted by Gasteiger charge is -1.96. The second-order valence-electron chi connectivity index (χ2n) is 2.20. The Morgan fingerprint density at radius 3 is 2.75 bits per heavy atom. The first-order valence-corrected chi connectivity index (χ1v) is 4.06. The molecule has 0 N–H and O–H groups in total. The van der Waals surface area contributed by atoms with Crippen LogP contribution in [0.2, 0.25) is 0 Å². The van der Waals surface area contributed by atoms with Crippen LogP contribution in [0.5, 0.6) is 0 Å². The monoisotopic (exact) mass is 228 g/mol. The Hall–Kier alpha value is -0.960. The van der Waals surface area contributed by atoms with E-state index < -0.39 is 5.82 Å². The first-order valence-electron chi connectivity index (χ1n) is 3.27. The van der Waals surface area contributed by atoms with E-state index in [2.05, 4.69) is 22.5 Å². The minimum atomic E-state index is -0.442. The summed E-state index contributed by atoms with van der Waals surface area (Å²) in [6, 6.07) is 4.21. The molecule has 0 fully saturated rings. The summed E-state index contributed by atoms with van der Waals surface area (Å²) >= 11 is 2.99. The van der Waals surface area contributed by atoms with Crippen molar-refractivity contribution >= 4 is 21.7 Å². The van der Waals surface area contributed by atoms with Crippen LogP contribution >= 0.6 is 15.9 Å². The van der Waals surface area contributed by atoms with Crippen molar-refractivity contribution < 1.29 is 9.18 Å². The molecule has 0 aliphatic heterocycles. The molecule has 0 unspecified atom stereocenters. The number of allylic oxidation sites excluding steroid dienone is 1. The standard InChI is InChI=1S/C9H6BrFO/c1-2-9(12)6-3-4-7(10)8(11)5-6/h2-5H,1H2. The minimum absolute atomic E-state index is 0.276. The molecule has 1 aromatic carbocycles. The number of ketones is 1. The largest absolute Gasteiger partial charge is 0.289 e. The molecule has 1 aromatic rings. The highest BCUT2D eigenvalue weighted by Gasteiger charge is 2.04. The number of rotatable bonds is 2. The van der Waals surface area contributed by atoms with Gasteiger partial charge in [-0.05, 0) is 40.2 Å². The molecule has 1 nitrogen and oxygen atoms in total. The second kappa shape index (κ2) is 3.63. The van der Waals surface area contributed by atoms with E-state index in [9.17, 15) is 9.18 Å². The van der Waals surface area contributed by atoms with Crippen LogP contribution in [0.25, 0.3) is 0 Å². The fourth-order valence-electron chi connectivity index (χ4n) is 0.767. The summed E-state index contributed by atoms with van der Waals surface area (Å²) < 4.78 is 13.2. The van der Waals surface area contributed by atoms with Gasteiger partial charge in [-0.15, -0.1) is 0 Å². The van der Waals surface area contributed by atoms with Gasteiger partial charge in [0.25, 0.3) is 0 Å². The lowest BCUT2D eigenvalue weighted by molar-refractivity contribution is 0.104. The van der Waals surface area contributed by atoms with E-state index in [0.29, 0.717) is 10.0 Å². The van der Waals surface area contributed by atoms with Crippen molar-refractivity contribution in [3.8, 4) is 0 Å². The van der Waals surface area contributed by atoms with Gasteiger partial charge >= 0.3 is 0 Å². The van der Waals surface area contributed by atoms with Crippen molar-refractivity contribution in [3.05, 3.63) is 46.7 Å². The van der Waals surface area contributed by atoms with Gasteiger partial charge in [-0.1, -0.05) is 6.58 Å². The van der Waals surface area contributed by atoms with Gasteiger partial charge in [0, 0.05) is 5.56 Å². The van der Waals surface area contributed by atoms with Crippen molar-refractivity contribution in [1.82, 2.24) is 0 Å². The highest BCUT2D eigenvalue weighted by molar-refractivity contribution is 9.10. The van der Waals surface area contributed by atoms with Gasteiger partial charge in [0.2, 0.25) is 0 Å². The molecule has 0 amide bonds. The average Bonchev–Trinajstić information content (AvgIpc) is 2.08. The second-order valence-corrected chi connectivity index (χ2v) is 3.05. The molecule has 0 radical (unpaired) electrons. The fourth-order valence-corrected chi connectivity index (χ4v) is 1.01. The molecule has 62 valence electrons. The molecule has 0 spiro atoms. The quantitative estimate of drug-likeness (QED) is 0.562. The van der Waals surface area contributed by atoms with Gasteiger partial charge in [0.1, 0.15) is 5.82 Å². The van der Waals surface area contributed by atoms with E-state index in [1.165, 1.54) is 18.2 Å².